The Morgan fingerprint density at radius 1 is 1.03 bits per heavy atom. The zero-order chi connectivity index (χ0) is 20.9. The average Bonchev–Trinajstić information content (AvgIpc) is 2.75. The fraction of sp³-hybridized carbons (Fsp3) is 0.227. The number of carboxylic acid groups (broad SMARTS) is 1. The molecule has 0 amide bonds. The van der Waals surface area contributed by atoms with E-state index in [9.17, 15) is 15.0 Å². The van der Waals surface area contributed by atoms with Gasteiger partial charge in [-0.1, -0.05) is 60.7 Å². The Morgan fingerprint density at radius 2 is 1.59 bits per heavy atom. The molecule has 3 rings (SSSR count). The van der Waals surface area contributed by atoms with Crippen molar-refractivity contribution in [3.63, 3.8) is 0 Å². The largest absolute Gasteiger partial charge is 0.478 e. The highest BCUT2D eigenvalue weighted by molar-refractivity contribution is 5.76. The summed E-state index contributed by atoms with van der Waals surface area (Å²) in [6, 6.07) is 19.5. The van der Waals surface area contributed by atoms with Crippen LogP contribution in [0.4, 0.5) is 0 Å². The number of hydrogen-bond donors (Lipinski definition) is 2. The Bertz CT molecular complexity index is 924. The number of nitrogens with zero attached hydrogens (tertiary/aromatic N) is 2. The number of ether oxygens (including phenoxy) is 2. The van der Waals surface area contributed by atoms with Gasteiger partial charge >= 0.3 is 12.0 Å². The molecule has 0 aliphatic heterocycles. The van der Waals surface area contributed by atoms with Crippen LogP contribution in [0, 0.1) is 6.92 Å². The van der Waals surface area contributed by atoms with Gasteiger partial charge in [-0.15, -0.1) is 0 Å². The zero-order valence-corrected chi connectivity index (χ0v) is 16.1. The number of rotatable bonds is 8. The minimum Gasteiger partial charge on any atom is -0.478 e. The Hall–Kier alpha value is -3.29. The first-order valence-electron chi connectivity index (χ1n) is 9.02. The molecule has 1 heterocycles. The summed E-state index contributed by atoms with van der Waals surface area (Å²) in [5.74, 6) is -1.24. The highest BCUT2D eigenvalue weighted by atomic mass is 16.6. The van der Waals surface area contributed by atoms with Gasteiger partial charge in [-0.25, -0.2) is 9.78 Å². The van der Waals surface area contributed by atoms with E-state index >= 15 is 0 Å². The molecule has 150 valence electrons. The molecular weight excluding hydrogens is 372 g/mol. The van der Waals surface area contributed by atoms with Gasteiger partial charge in [-0.3, -0.25) is 0 Å². The fourth-order valence-electron chi connectivity index (χ4n) is 3.33. The fourth-order valence-corrected chi connectivity index (χ4v) is 3.33. The predicted octanol–water partition coefficient (Wildman–Crippen LogP) is 2.70. The summed E-state index contributed by atoms with van der Waals surface area (Å²) in [6.07, 6.45) is -1.49. The molecule has 0 saturated carbocycles. The summed E-state index contributed by atoms with van der Waals surface area (Å²) in [5, 5.41) is 19.5. The summed E-state index contributed by atoms with van der Waals surface area (Å²) in [5.41, 5.74) is 0.637. The number of carbonyl (C=O) groups is 1. The van der Waals surface area contributed by atoms with E-state index in [2.05, 4.69) is 9.97 Å². The molecule has 0 aliphatic rings. The van der Waals surface area contributed by atoms with E-state index in [1.165, 1.54) is 7.11 Å². The number of hydrogen-bond acceptors (Lipinski definition) is 6. The molecule has 1 aromatic heterocycles. The van der Waals surface area contributed by atoms with Crippen molar-refractivity contribution < 1.29 is 24.5 Å². The number of aryl methyl sites for hydroxylation is 1. The van der Waals surface area contributed by atoms with Gasteiger partial charge in [-0.2, -0.15) is 4.98 Å². The molecule has 29 heavy (non-hydrogen) atoms. The van der Waals surface area contributed by atoms with Crippen LogP contribution in [0.25, 0.3) is 0 Å². The smallest absolute Gasteiger partial charge is 0.348 e. The Balaban J connectivity index is 2.18. The first-order chi connectivity index (χ1) is 14.0. The van der Waals surface area contributed by atoms with Crippen LogP contribution in [0.1, 0.15) is 22.5 Å². The monoisotopic (exact) mass is 394 g/mol. The van der Waals surface area contributed by atoms with Gasteiger partial charge in [0.2, 0.25) is 6.10 Å². The van der Waals surface area contributed by atoms with Crippen molar-refractivity contribution in [1.82, 2.24) is 9.97 Å². The molecule has 0 aliphatic carbocycles. The summed E-state index contributed by atoms with van der Waals surface area (Å²) >= 11 is 0. The van der Waals surface area contributed by atoms with Crippen molar-refractivity contribution in [3.8, 4) is 6.01 Å². The van der Waals surface area contributed by atoms with E-state index in [0.29, 0.717) is 22.5 Å². The number of aliphatic hydroxyl groups is 1. The highest BCUT2D eigenvalue weighted by Gasteiger charge is 2.49. The van der Waals surface area contributed by atoms with Crippen LogP contribution in [-0.4, -0.2) is 39.4 Å². The van der Waals surface area contributed by atoms with Crippen molar-refractivity contribution in [3.05, 3.63) is 89.2 Å². The molecule has 0 saturated heterocycles. The van der Waals surface area contributed by atoms with Crippen LogP contribution >= 0.6 is 0 Å². The van der Waals surface area contributed by atoms with Crippen LogP contribution in [0.5, 0.6) is 6.01 Å². The van der Waals surface area contributed by atoms with E-state index in [1.54, 1.807) is 61.5 Å². The van der Waals surface area contributed by atoms with Crippen LogP contribution in [0.2, 0.25) is 0 Å². The molecule has 0 bridgehead atoms. The third kappa shape index (κ3) is 4.11. The van der Waals surface area contributed by atoms with Gasteiger partial charge in [0.1, 0.15) is 0 Å². The maximum atomic E-state index is 12.4. The van der Waals surface area contributed by atoms with Crippen LogP contribution in [0.15, 0.2) is 66.7 Å². The lowest BCUT2D eigenvalue weighted by molar-refractivity contribution is -0.160. The van der Waals surface area contributed by atoms with E-state index in [1.807, 2.05) is 12.1 Å². The second kappa shape index (κ2) is 8.81. The number of aliphatic hydroxyl groups excluding tert-OH is 1. The topological polar surface area (TPSA) is 102 Å². The van der Waals surface area contributed by atoms with Crippen LogP contribution in [-0.2, 0) is 21.7 Å². The number of methoxy groups -OCH3 is 1. The average molecular weight is 394 g/mol. The minimum atomic E-state index is -1.49. The zero-order valence-electron chi connectivity index (χ0n) is 16.1. The maximum Gasteiger partial charge on any atom is 0.348 e. The molecule has 2 aromatic carbocycles. The Morgan fingerprint density at radius 3 is 2.03 bits per heavy atom. The number of carboxylic acids is 1. The second-order valence-electron chi connectivity index (χ2n) is 6.45. The molecule has 2 N–H and O–H groups in total. The summed E-state index contributed by atoms with van der Waals surface area (Å²) < 4.78 is 11.7. The molecule has 0 radical (unpaired) electrons. The molecule has 3 aromatic rings. The molecule has 7 heteroatoms. The van der Waals surface area contributed by atoms with E-state index in [-0.39, 0.29) is 12.6 Å². The van der Waals surface area contributed by atoms with E-state index in [4.69, 9.17) is 9.47 Å². The predicted molar refractivity (Wildman–Crippen MR) is 105 cm³/mol. The first-order valence-corrected chi connectivity index (χ1v) is 9.02. The van der Waals surface area contributed by atoms with Gasteiger partial charge < -0.3 is 19.7 Å². The van der Waals surface area contributed by atoms with Crippen molar-refractivity contribution in [2.24, 2.45) is 0 Å². The number of aliphatic carboxylic acids is 1. The lowest BCUT2D eigenvalue weighted by Gasteiger charge is -2.37. The third-order valence-electron chi connectivity index (χ3n) is 4.59. The summed E-state index contributed by atoms with van der Waals surface area (Å²) in [4.78, 5) is 20.7. The maximum absolute atomic E-state index is 12.4. The third-order valence-corrected chi connectivity index (χ3v) is 4.59. The molecule has 1 unspecified atom stereocenters. The molecule has 7 nitrogen and oxygen atoms in total. The van der Waals surface area contributed by atoms with Gasteiger partial charge in [-0.05, 0) is 24.1 Å². The van der Waals surface area contributed by atoms with Crippen LogP contribution in [0.3, 0.4) is 0 Å². The quantitative estimate of drug-likeness (QED) is 0.606. The van der Waals surface area contributed by atoms with Gasteiger partial charge in [0.15, 0.2) is 5.60 Å². The molecule has 0 spiro atoms. The van der Waals surface area contributed by atoms with Gasteiger partial charge in [0.05, 0.1) is 12.3 Å². The Kier molecular flexibility index (Phi) is 6.21. The molecular formula is C22H22N2O5. The highest BCUT2D eigenvalue weighted by Crippen LogP contribution is 2.38. The number of aromatic nitrogens is 2. The van der Waals surface area contributed by atoms with E-state index in [0.717, 1.165) is 0 Å². The lowest BCUT2D eigenvalue weighted by atomic mass is 9.81. The Labute approximate surface area is 168 Å². The van der Waals surface area contributed by atoms with Crippen molar-refractivity contribution in [1.29, 1.82) is 0 Å². The van der Waals surface area contributed by atoms with Crippen molar-refractivity contribution in [2.45, 2.75) is 25.2 Å². The first kappa shape index (κ1) is 20.4. The summed E-state index contributed by atoms with van der Waals surface area (Å²) in [6.45, 7) is 1.39. The standard InChI is InChI=1S/C22H22N2O5/c1-15-13-18(14-25)24-21(23-15)29-19(20(26)27)22(28-2,16-9-5-3-6-10-16)17-11-7-4-8-12-17/h3-13,19,25H,14H2,1-2H3,(H,26,27). The molecule has 0 fully saturated rings. The lowest BCUT2D eigenvalue weighted by Crippen LogP contribution is -2.50. The molecule has 1 atom stereocenters. The SMILES string of the molecule is COC(c1ccccc1)(c1ccccc1)C(Oc1nc(C)cc(CO)n1)C(=O)O. The normalized spacial score (nSPS) is 12.4. The van der Waals surface area contributed by atoms with Gasteiger partial charge in [0.25, 0.3) is 0 Å². The van der Waals surface area contributed by atoms with Crippen molar-refractivity contribution in [2.75, 3.05) is 7.11 Å². The summed E-state index contributed by atoms with van der Waals surface area (Å²) in [7, 11) is 1.44. The van der Waals surface area contributed by atoms with E-state index < -0.39 is 17.7 Å². The second-order valence-corrected chi connectivity index (χ2v) is 6.45. The van der Waals surface area contributed by atoms with Crippen molar-refractivity contribution >= 4 is 5.97 Å². The van der Waals surface area contributed by atoms with Gasteiger partial charge in [0, 0.05) is 12.8 Å². The number of benzene rings is 2. The minimum absolute atomic E-state index is 0.144. The van der Waals surface area contributed by atoms with Crippen LogP contribution < -0.4 is 4.74 Å².